The van der Waals surface area contributed by atoms with Gasteiger partial charge in [0.25, 0.3) is 0 Å². The van der Waals surface area contributed by atoms with Crippen molar-refractivity contribution in [2.75, 3.05) is 13.6 Å². The van der Waals surface area contributed by atoms with Crippen LogP contribution in [0.25, 0.3) is 0 Å². The normalized spacial score (nSPS) is 12.9. The van der Waals surface area contributed by atoms with Gasteiger partial charge in [0.2, 0.25) is 0 Å². The van der Waals surface area contributed by atoms with E-state index in [1.807, 2.05) is 42.8 Å². The van der Waals surface area contributed by atoms with Crippen LogP contribution in [0.1, 0.15) is 16.5 Å². The first-order valence-corrected chi connectivity index (χ1v) is 6.57. The van der Waals surface area contributed by atoms with E-state index >= 15 is 0 Å². The van der Waals surface area contributed by atoms with E-state index in [4.69, 9.17) is 0 Å². The molecule has 1 N–H and O–H groups in total. The van der Waals surface area contributed by atoms with Crippen molar-refractivity contribution in [3.8, 4) is 0 Å². The quantitative estimate of drug-likeness (QED) is 0.878. The topological polar surface area (TPSA) is 23.5 Å². The zero-order chi connectivity index (χ0) is 12.1. The van der Waals surface area contributed by atoms with E-state index in [0.29, 0.717) is 6.54 Å². The van der Waals surface area contributed by atoms with Crippen molar-refractivity contribution in [2.24, 2.45) is 0 Å². The van der Waals surface area contributed by atoms with Crippen LogP contribution < -0.4 is 0 Å². The van der Waals surface area contributed by atoms with Gasteiger partial charge in [-0.1, -0.05) is 36.4 Å². The summed E-state index contributed by atoms with van der Waals surface area (Å²) in [5.41, 5.74) is 1.27. The number of aliphatic hydroxyl groups excluding tert-OH is 1. The molecule has 2 aromatic rings. The number of nitrogens with zero attached hydrogens (tertiary/aromatic N) is 1. The smallest absolute Gasteiger partial charge is 0.101 e. The van der Waals surface area contributed by atoms with Gasteiger partial charge in [-0.3, -0.25) is 4.90 Å². The van der Waals surface area contributed by atoms with Crippen molar-refractivity contribution in [3.63, 3.8) is 0 Å². The summed E-state index contributed by atoms with van der Waals surface area (Å²) in [7, 11) is 2.03. The molecule has 2 rings (SSSR count). The van der Waals surface area contributed by atoms with Gasteiger partial charge in [0, 0.05) is 18.0 Å². The predicted molar refractivity (Wildman–Crippen MR) is 72.1 cm³/mol. The van der Waals surface area contributed by atoms with Crippen molar-refractivity contribution in [1.82, 2.24) is 4.90 Å². The van der Waals surface area contributed by atoms with E-state index in [0.717, 1.165) is 11.4 Å². The van der Waals surface area contributed by atoms with Crippen LogP contribution in [0.3, 0.4) is 0 Å². The lowest BCUT2D eigenvalue weighted by Crippen LogP contribution is -2.23. The van der Waals surface area contributed by atoms with E-state index in [9.17, 15) is 5.11 Å². The maximum atomic E-state index is 10.0. The SMILES string of the molecule is CN(Cc1ccccc1)C[C@H](O)c1cccs1. The lowest BCUT2D eigenvalue weighted by Gasteiger charge is -2.19. The lowest BCUT2D eigenvalue weighted by molar-refractivity contribution is 0.127. The van der Waals surface area contributed by atoms with Gasteiger partial charge in [0.1, 0.15) is 6.10 Å². The summed E-state index contributed by atoms with van der Waals surface area (Å²) in [5, 5.41) is 12.0. The van der Waals surface area contributed by atoms with Crippen LogP contribution in [0.15, 0.2) is 47.8 Å². The Hall–Kier alpha value is -1.16. The molecule has 3 heteroatoms. The third-order valence-electron chi connectivity index (χ3n) is 2.65. The van der Waals surface area contributed by atoms with E-state index in [1.165, 1.54) is 5.56 Å². The molecule has 1 aromatic heterocycles. The summed E-state index contributed by atoms with van der Waals surface area (Å²) in [4.78, 5) is 3.17. The molecule has 0 amide bonds. The van der Waals surface area contributed by atoms with E-state index in [2.05, 4.69) is 17.0 Å². The van der Waals surface area contributed by atoms with Gasteiger partial charge in [0.15, 0.2) is 0 Å². The van der Waals surface area contributed by atoms with Crippen molar-refractivity contribution >= 4 is 11.3 Å². The van der Waals surface area contributed by atoms with Gasteiger partial charge >= 0.3 is 0 Å². The number of aliphatic hydroxyl groups is 1. The summed E-state index contributed by atoms with van der Waals surface area (Å²) in [5.74, 6) is 0. The standard InChI is InChI=1S/C14H17NOS/c1-15(10-12-6-3-2-4-7-12)11-13(16)14-8-5-9-17-14/h2-9,13,16H,10-11H2,1H3/t13-/m0/s1. The highest BCUT2D eigenvalue weighted by Gasteiger charge is 2.11. The lowest BCUT2D eigenvalue weighted by atomic mass is 10.2. The van der Waals surface area contributed by atoms with Gasteiger partial charge in [-0.15, -0.1) is 11.3 Å². The molecule has 0 aliphatic heterocycles. The molecule has 0 aliphatic rings. The van der Waals surface area contributed by atoms with Gasteiger partial charge in [-0.2, -0.15) is 0 Å². The molecular formula is C14H17NOS. The summed E-state index contributed by atoms with van der Waals surface area (Å²) in [6, 6.07) is 14.3. The number of hydrogen-bond donors (Lipinski definition) is 1. The summed E-state index contributed by atoms with van der Waals surface area (Å²) >= 11 is 1.60. The van der Waals surface area contributed by atoms with Crippen LogP contribution in [0.2, 0.25) is 0 Å². The second kappa shape index (κ2) is 5.96. The van der Waals surface area contributed by atoms with Crippen molar-refractivity contribution < 1.29 is 5.11 Å². The molecule has 0 saturated heterocycles. The van der Waals surface area contributed by atoms with Crippen molar-refractivity contribution in [2.45, 2.75) is 12.6 Å². The van der Waals surface area contributed by atoms with Crippen molar-refractivity contribution in [3.05, 3.63) is 58.3 Å². The fourth-order valence-electron chi connectivity index (χ4n) is 1.83. The minimum atomic E-state index is -0.385. The predicted octanol–water partition coefficient (Wildman–Crippen LogP) is 2.91. The van der Waals surface area contributed by atoms with Crippen LogP contribution in [-0.4, -0.2) is 23.6 Å². The first-order chi connectivity index (χ1) is 8.25. The average molecular weight is 247 g/mol. The van der Waals surface area contributed by atoms with E-state index < -0.39 is 0 Å². The Bertz CT molecular complexity index is 427. The molecule has 0 unspecified atom stereocenters. The van der Waals surface area contributed by atoms with Crippen LogP contribution in [0.5, 0.6) is 0 Å². The van der Waals surface area contributed by atoms with Crippen LogP contribution in [0, 0.1) is 0 Å². The summed E-state index contributed by atoms with van der Waals surface area (Å²) in [6.45, 7) is 1.53. The fraction of sp³-hybridized carbons (Fsp3) is 0.286. The number of benzene rings is 1. The van der Waals surface area contributed by atoms with Crippen molar-refractivity contribution in [1.29, 1.82) is 0 Å². The molecule has 0 bridgehead atoms. The van der Waals surface area contributed by atoms with E-state index in [1.54, 1.807) is 11.3 Å². The molecule has 0 saturated carbocycles. The van der Waals surface area contributed by atoms with Crippen LogP contribution in [0.4, 0.5) is 0 Å². The highest BCUT2D eigenvalue weighted by molar-refractivity contribution is 7.10. The van der Waals surface area contributed by atoms with Crippen LogP contribution >= 0.6 is 11.3 Å². The molecule has 0 aliphatic carbocycles. The molecule has 90 valence electrons. The molecule has 0 radical (unpaired) electrons. The largest absolute Gasteiger partial charge is 0.386 e. The average Bonchev–Trinajstić information content (AvgIpc) is 2.83. The molecule has 17 heavy (non-hydrogen) atoms. The highest BCUT2D eigenvalue weighted by Crippen LogP contribution is 2.19. The third-order valence-corrected chi connectivity index (χ3v) is 3.63. The number of thiophene rings is 1. The molecule has 1 atom stereocenters. The highest BCUT2D eigenvalue weighted by atomic mass is 32.1. The Morgan fingerprint density at radius 3 is 2.59 bits per heavy atom. The first-order valence-electron chi connectivity index (χ1n) is 5.69. The van der Waals surface area contributed by atoms with Gasteiger partial charge < -0.3 is 5.11 Å². The second-order valence-corrected chi connectivity index (χ2v) is 5.19. The number of likely N-dealkylation sites (N-methyl/N-ethyl adjacent to an activating group) is 1. The number of hydrogen-bond acceptors (Lipinski definition) is 3. The fourth-order valence-corrected chi connectivity index (χ4v) is 2.53. The molecular weight excluding hydrogens is 230 g/mol. The maximum Gasteiger partial charge on any atom is 0.101 e. The zero-order valence-electron chi connectivity index (χ0n) is 9.91. The first kappa shape index (κ1) is 12.3. The van der Waals surface area contributed by atoms with Gasteiger partial charge in [-0.05, 0) is 24.1 Å². The minimum absolute atomic E-state index is 0.385. The van der Waals surface area contributed by atoms with Gasteiger partial charge in [0.05, 0.1) is 0 Å². The van der Waals surface area contributed by atoms with E-state index in [-0.39, 0.29) is 6.10 Å². The zero-order valence-corrected chi connectivity index (χ0v) is 10.7. The summed E-state index contributed by atoms with van der Waals surface area (Å²) < 4.78 is 0. The molecule has 2 nitrogen and oxygen atoms in total. The monoisotopic (exact) mass is 247 g/mol. The Kier molecular flexibility index (Phi) is 4.31. The summed E-state index contributed by atoms with van der Waals surface area (Å²) in [6.07, 6.45) is -0.385. The Balaban J connectivity index is 1.87. The van der Waals surface area contributed by atoms with Crippen LogP contribution in [-0.2, 0) is 6.54 Å². The Labute approximate surface area is 106 Å². The molecule has 0 spiro atoms. The minimum Gasteiger partial charge on any atom is -0.386 e. The maximum absolute atomic E-state index is 10.0. The van der Waals surface area contributed by atoms with Gasteiger partial charge in [-0.25, -0.2) is 0 Å². The molecule has 1 heterocycles. The molecule has 1 aromatic carbocycles. The Morgan fingerprint density at radius 1 is 1.18 bits per heavy atom. The Morgan fingerprint density at radius 2 is 1.94 bits per heavy atom. The number of rotatable bonds is 5. The molecule has 0 fully saturated rings. The second-order valence-electron chi connectivity index (χ2n) is 4.21. The third kappa shape index (κ3) is 3.66.